The maximum Gasteiger partial charge on any atom is 0.241 e. The highest BCUT2D eigenvalue weighted by molar-refractivity contribution is 7.89. The molecule has 0 aliphatic heterocycles. The molecule has 3 N–H and O–H groups in total. The summed E-state index contributed by atoms with van der Waals surface area (Å²) in [6.45, 7) is 3.62. The zero-order valence-corrected chi connectivity index (χ0v) is 12.4. The van der Waals surface area contributed by atoms with Crippen molar-refractivity contribution in [2.45, 2.75) is 31.2 Å². The van der Waals surface area contributed by atoms with Crippen LogP contribution in [0.2, 0.25) is 0 Å². The summed E-state index contributed by atoms with van der Waals surface area (Å²) in [6.07, 6.45) is 0.434. The van der Waals surface area contributed by atoms with E-state index in [-0.39, 0.29) is 11.5 Å². The fourth-order valence-electron chi connectivity index (χ4n) is 1.52. The van der Waals surface area contributed by atoms with Gasteiger partial charge in [0, 0.05) is 13.2 Å². The van der Waals surface area contributed by atoms with Crippen LogP contribution in [0.4, 0.5) is 0 Å². The molecule has 0 heterocycles. The lowest BCUT2D eigenvalue weighted by atomic mass is 10.2. The number of amides is 1. The number of nitrogens with one attached hydrogen (secondary N) is 2. The van der Waals surface area contributed by atoms with Gasteiger partial charge >= 0.3 is 0 Å². The van der Waals surface area contributed by atoms with Gasteiger partial charge in [0.2, 0.25) is 15.9 Å². The molecule has 0 bridgehead atoms. The topological polar surface area (TPSA) is 95.5 Å². The number of aliphatic hydroxyl groups is 1. The van der Waals surface area contributed by atoms with Gasteiger partial charge < -0.3 is 10.4 Å². The molecule has 1 atom stereocenters. The van der Waals surface area contributed by atoms with Gasteiger partial charge in [-0.25, -0.2) is 8.42 Å². The average molecular weight is 300 g/mol. The predicted molar refractivity (Wildman–Crippen MR) is 75.7 cm³/mol. The van der Waals surface area contributed by atoms with E-state index in [1.54, 1.807) is 12.1 Å². The van der Waals surface area contributed by atoms with Gasteiger partial charge in [0.05, 0.1) is 10.9 Å². The molecule has 0 unspecified atom stereocenters. The maximum atomic E-state index is 12.1. The van der Waals surface area contributed by atoms with Crippen molar-refractivity contribution in [2.24, 2.45) is 0 Å². The van der Waals surface area contributed by atoms with Gasteiger partial charge in [-0.3, -0.25) is 4.79 Å². The quantitative estimate of drug-likeness (QED) is 0.625. The van der Waals surface area contributed by atoms with Crippen molar-refractivity contribution >= 4 is 15.9 Å². The predicted octanol–water partition coefficient (Wildman–Crippen LogP) is 0.160. The van der Waals surface area contributed by atoms with E-state index in [2.05, 4.69) is 10.0 Å². The summed E-state index contributed by atoms with van der Waals surface area (Å²) < 4.78 is 26.4. The van der Waals surface area contributed by atoms with Crippen LogP contribution in [0.25, 0.3) is 0 Å². The number of aryl methyl sites for hydroxylation is 1. The first kappa shape index (κ1) is 16.6. The largest absolute Gasteiger partial charge is 0.396 e. The molecule has 20 heavy (non-hydrogen) atoms. The monoisotopic (exact) mass is 300 g/mol. The molecule has 1 rings (SSSR count). The zero-order chi connectivity index (χ0) is 15.2. The molecule has 0 saturated carbocycles. The van der Waals surface area contributed by atoms with E-state index in [9.17, 15) is 13.2 Å². The Hall–Kier alpha value is -1.44. The molecule has 112 valence electrons. The van der Waals surface area contributed by atoms with Crippen LogP contribution in [0.5, 0.6) is 0 Å². The van der Waals surface area contributed by atoms with Gasteiger partial charge in [0.15, 0.2) is 0 Å². The van der Waals surface area contributed by atoms with Crippen molar-refractivity contribution in [1.29, 1.82) is 0 Å². The first-order chi connectivity index (χ1) is 9.36. The molecular formula is C13H20N2O4S. The Kier molecular flexibility index (Phi) is 6.12. The Morgan fingerprint density at radius 3 is 2.45 bits per heavy atom. The third-order valence-corrected chi connectivity index (χ3v) is 4.25. The van der Waals surface area contributed by atoms with Crippen molar-refractivity contribution in [2.75, 3.05) is 13.2 Å². The Labute approximate surface area is 119 Å². The number of carbonyl (C=O) groups excluding carboxylic acids is 1. The standard InChI is InChI=1S/C13H20N2O4S/c1-10-4-6-12(7-5-10)20(18,19)15-11(2)13(17)14-8-3-9-16/h4-7,11,15-16H,3,8-9H2,1-2H3,(H,14,17)/t11-/m1/s1. The Balaban J connectivity index is 2.66. The third kappa shape index (κ3) is 4.92. The van der Waals surface area contributed by atoms with Gasteiger partial charge in [-0.1, -0.05) is 17.7 Å². The second-order valence-electron chi connectivity index (χ2n) is 4.52. The first-order valence-electron chi connectivity index (χ1n) is 6.34. The number of hydrogen-bond donors (Lipinski definition) is 3. The van der Waals surface area contributed by atoms with E-state index in [4.69, 9.17) is 5.11 Å². The molecule has 0 aromatic heterocycles. The van der Waals surface area contributed by atoms with Crippen molar-refractivity contribution in [1.82, 2.24) is 10.0 Å². The maximum absolute atomic E-state index is 12.1. The number of benzene rings is 1. The van der Waals surface area contributed by atoms with Crippen LogP contribution in [0.15, 0.2) is 29.2 Å². The van der Waals surface area contributed by atoms with Crippen LogP contribution in [-0.2, 0) is 14.8 Å². The number of carbonyl (C=O) groups is 1. The highest BCUT2D eigenvalue weighted by Gasteiger charge is 2.21. The fraction of sp³-hybridized carbons (Fsp3) is 0.462. The molecule has 0 aliphatic rings. The summed E-state index contributed by atoms with van der Waals surface area (Å²) in [4.78, 5) is 11.8. The highest BCUT2D eigenvalue weighted by Crippen LogP contribution is 2.10. The van der Waals surface area contributed by atoms with Gasteiger partial charge in [-0.15, -0.1) is 0 Å². The summed E-state index contributed by atoms with van der Waals surface area (Å²) >= 11 is 0. The van der Waals surface area contributed by atoms with Crippen LogP contribution in [-0.4, -0.2) is 38.6 Å². The normalized spacial score (nSPS) is 12.9. The number of aliphatic hydroxyl groups excluding tert-OH is 1. The average Bonchev–Trinajstić information content (AvgIpc) is 2.38. The van der Waals surface area contributed by atoms with Crippen molar-refractivity contribution in [3.8, 4) is 0 Å². The zero-order valence-electron chi connectivity index (χ0n) is 11.6. The molecule has 1 aromatic carbocycles. The van der Waals surface area contributed by atoms with E-state index in [1.165, 1.54) is 19.1 Å². The van der Waals surface area contributed by atoms with Gasteiger partial charge in [0.25, 0.3) is 0 Å². The number of hydrogen-bond acceptors (Lipinski definition) is 4. The minimum absolute atomic E-state index is 0.0241. The van der Waals surface area contributed by atoms with Crippen molar-refractivity contribution in [3.63, 3.8) is 0 Å². The number of sulfonamides is 1. The van der Waals surface area contributed by atoms with Crippen LogP contribution in [0, 0.1) is 6.92 Å². The lowest BCUT2D eigenvalue weighted by Gasteiger charge is -2.14. The third-order valence-electron chi connectivity index (χ3n) is 2.69. The van der Waals surface area contributed by atoms with E-state index < -0.39 is 22.0 Å². The van der Waals surface area contributed by atoms with Gasteiger partial charge in [-0.2, -0.15) is 4.72 Å². The summed E-state index contributed by atoms with van der Waals surface area (Å²) in [5.41, 5.74) is 0.957. The van der Waals surface area contributed by atoms with Crippen molar-refractivity contribution < 1.29 is 18.3 Å². The summed E-state index contributed by atoms with van der Waals surface area (Å²) in [5.74, 6) is -0.422. The Morgan fingerprint density at radius 1 is 1.30 bits per heavy atom. The molecular weight excluding hydrogens is 280 g/mol. The summed E-state index contributed by atoms with van der Waals surface area (Å²) in [7, 11) is -3.71. The van der Waals surface area contributed by atoms with Crippen LogP contribution in [0.3, 0.4) is 0 Å². The summed E-state index contributed by atoms with van der Waals surface area (Å²) in [6, 6.07) is 5.50. The van der Waals surface area contributed by atoms with E-state index in [1.807, 2.05) is 6.92 Å². The first-order valence-corrected chi connectivity index (χ1v) is 7.82. The molecule has 0 saturated heterocycles. The minimum Gasteiger partial charge on any atom is -0.396 e. The molecule has 0 fully saturated rings. The SMILES string of the molecule is Cc1ccc(S(=O)(=O)N[C@H](C)C(=O)NCCCO)cc1. The van der Waals surface area contributed by atoms with Gasteiger partial charge in [-0.05, 0) is 32.4 Å². The molecule has 7 heteroatoms. The fourth-order valence-corrected chi connectivity index (χ4v) is 2.72. The Morgan fingerprint density at radius 2 is 1.90 bits per heavy atom. The smallest absolute Gasteiger partial charge is 0.241 e. The van der Waals surface area contributed by atoms with E-state index in [0.717, 1.165) is 5.56 Å². The van der Waals surface area contributed by atoms with Crippen LogP contribution < -0.4 is 10.0 Å². The number of rotatable bonds is 7. The van der Waals surface area contributed by atoms with E-state index >= 15 is 0 Å². The molecule has 1 amide bonds. The second kappa shape index (κ2) is 7.37. The van der Waals surface area contributed by atoms with Crippen molar-refractivity contribution in [3.05, 3.63) is 29.8 Å². The second-order valence-corrected chi connectivity index (χ2v) is 6.24. The lowest BCUT2D eigenvalue weighted by Crippen LogP contribution is -2.45. The van der Waals surface area contributed by atoms with Gasteiger partial charge in [0.1, 0.15) is 0 Å². The lowest BCUT2D eigenvalue weighted by molar-refractivity contribution is -0.122. The minimum atomic E-state index is -3.71. The van der Waals surface area contributed by atoms with E-state index in [0.29, 0.717) is 13.0 Å². The van der Waals surface area contributed by atoms with Crippen LogP contribution in [0.1, 0.15) is 18.9 Å². The molecule has 0 aliphatic carbocycles. The molecule has 0 spiro atoms. The molecule has 6 nitrogen and oxygen atoms in total. The molecule has 0 radical (unpaired) electrons. The Bertz CT molecular complexity index is 540. The summed E-state index contributed by atoms with van der Waals surface area (Å²) in [5, 5.41) is 11.2. The van der Waals surface area contributed by atoms with Crippen LogP contribution >= 0.6 is 0 Å². The highest BCUT2D eigenvalue weighted by atomic mass is 32.2. The molecule has 1 aromatic rings.